The van der Waals surface area contributed by atoms with Gasteiger partial charge in [-0.05, 0) is 80.5 Å². The summed E-state index contributed by atoms with van der Waals surface area (Å²) in [5.74, 6) is 3.59. The Bertz CT molecular complexity index is 488. The Balaban J connectivity index is 1.61. The lowest BCUT2D eigenvalue weighted by Crippen LogP contribution is -2.45. The predicted molar refractivity (Wildman–Crippen MR) is 86.8 cm³/mol. The molecule has 0 bridgehead atoms. The monoisotopic (exact) mass is 286 g/mol. The molecule has 0 spiro atoms. The van der Waals surface area contributed by atoms with E-state index in [0.29, 0.717) is 5.41 Å². The summed E-state index contributed by atoms with van der Waals surface area (Å²) < 4.78 is 0. The molecule has 0 saturated heterocycles. The lowest BCUT2D eigenvalue weighted by atomic mass is 9.51. The van der Waals surface area contributed by atoms with E-state index in [1.165, 1.54) is 44.9 Å². The van der Waals surface area contributed by atoms with Crippen LogP contribution in [0.1, 0.15) is 65.2 Å². The van der Waals surface area contributed by atoms with Crippen molar-refractivity contribution in [2.75, 3.05) is 0 Å². The Kier molecular flexibility index (Phi) is 3.33. The molecule has 6 unspecified atom stereocenters. The van der Waals surface area contributed by atoms with Gasteiger partial charge in [0.15, 0.2) is 0 Å². The van der Waals surface area contributed by atoms with E-state index in [4.69, 9.17) is 0 Å². The Morgan fingerprint density at radius 2 is 2.05 bits per heavy atom. The molecule has 1 nitrogen and oxygen atoms in total. The predicted octanol–water partition coefficient (Wildman–Crippen LogP) is 4.87. The molecule has 0 heterocycles. The molecule has 21 heavy (non-hydrogen) atoms. The second-order valence-corrected chi connectivity index (χ2v) is 8.24. The number of fused-ring (bicyclic) bond motifs is 5. The molecule has 1 N–H and O–H groups in total. The summed E-state index contributed by atoms with van der Waals surface area (Å²) in [4.78, 5) is 0. The number of allylic oxidation sites excluding steroid dienone is 3. The van der Waals surface area contributed by atoms with E-state index in [-0.39, 0.29) is 6.10 Å². The van der Waals surface area contributed by atoms with Crippen LogP contribution in [0.15, 0.2) is 23.3 Å². The van der Waals surface area contributed by atoms with Crippen molar-refractivity contribution < 1.29 is 5.11 Å². The van der Waals surface area contributed by atoms with Crippen LogP contribution >= 0.6 is 0 Å². The topological polar surface area (TPSA) is 20.2 Å². The summed E-state index contributed by atoms with van der Waals surface area (Å²) in [5.41, 5.74) is 3.89. The fourth-order valence-electron chi connectivity index (χ4n) is 6.52. The maximum absolute atomic E-state index is 9.92. The number of hydrogen-bond acceptors (Lipinski definition) is 1. The maximum Gasteiger partial charge on any atom is 0.0723 e. The minimum Gasteiger partial charge on any atom is -0.389 e. The van der Waals surface area contributed by atoms with E-state index in [0.717, 1.165) is 30.1 Å². The van der Waals surface area contributed by atoms with Crippen molar-refractivity contribution in [2.45, 2.75) is 71.3 Å². The first-order valence-corrected chi connectivity index (χ1v) is 9.21. The van der Waals surface area contributed by atoms with Gasteiger partial charge in [0.05, 0.1) is 6.10 Å². The van der Waals surface area contributed by atoms with Gasteiger partial charge in [0.25, 0.3) is 0 Å². The summed E-state index contributed by atoms with van der Waals surface area (Å²) in [6.45, 7) is 4.90. The van der Waals surface area contributed by atoms with Crippen LogP contribution in [0.3, 0.4) is 0 Å². The fourth-order valence-corrected chi connectivity index (χ4v) is 6.52. The zero-order valence-electron chi connectivity index (χ0n) is 13.6. The third-order valence-electron chi connectivity index (χ3n) is 7.55. The highest BCUT2D eigenvalue weighted by molar-refractivity contribution is 5.27. The summed E-state index contributed by atoms with van der Waals surface area (Å²) in [7, 11) is 0. The molecule has 0 radical (unpaired) electrons. The van der Waals surface area contributed by atoms with Gasteiger partial charge in [0, 0.05) is 0 Å². The lowest BCUT2D eigenvalue weighted by molar-refractivity contribution is 0.00365. The second kappa shape index (κ2) is 4.98. The fraction of sp³-hybridized carbons (Fsp3) is 0.800. The van der Waals surface area contributed by atoms with Crippen molar-refractivity contribution in [1.82, 2.24) is 0 Å². The van der Waals surface area contributed by atoms with Crippen molar-refractivity contribution in [3.63, 3.8) is 0 Å². The molecule has 2 saturated carbocycles. The number of rotatable bonds is 1. The molecule has 4 rings (SSSR count). The van der Waals surface area contributed by atoms with Crippen LogP contribution in [-0.2, 0) is 0 Å². The van der Waals surface area contributed by atoms with Crippen molar-refractivity contribution in [3.8, 4) is 0 Å². The van der Waals surface area contributed by atoms with Crippen LogP contribution in [-0.4, -0.2) is 11.2 Å². The van der Waals surface area contributed by atoms with Crippen LogP contribution in [0.25, 0.3) is 0 Å². The third-order valence-corrected chi connectivity index (χ3v) is 7.55. The summed E-state index contributed by atoms with van der Waals surface area (Å²) >= 11 is 0. The largest absolute Gasteiger partial charge is 0.389 e. The Morgan fingerprint density at radius 3 is 2.86 bits per heavy atom. The molecule has 2 fully saturated rings. The highest BCUT2D eigenvalue weighted by Gasteiger charge is 2.52. The minimum absolute atomic E-state index is 0.151. The zero-order chi connectivity index (χ0) is 14.6. The molecule has 0 aliphatic heterocycles. The average molecular weight is 286 g/mol. The van der Waals surface area contributed by atoms with Gasteiger partial charge >= 0.3 is 0 Å². The van der Waals surface area contributed by atoms with Gasteiger partial charge in [-0.1, -0.05) is 37.1 Å². The van der Waals surface area contributed by atoms with E-state index in [1.807, 2.05) is 0 Å². The molecule has 6 atom stereocenters. The first-order chi connectivity index (χ1) is 10.1. The van der Waals surface area contributed by atoms with Crippen molar-refractivity contribution in [3.05, 3.63) is 23.3 Å². The highest BCUT2D eigenvalue weighted by atomic mass is 16.3. The van der Waals surface area contributed by atoms with Gasteiger partial charge in [-0.3, -0.25) is 0 Å². The number of aliphatic hydroxyl groups excluding tert-OH is 1. The van der Waals surface area contributed by atoms with Crippen molar-refractivity contribution in [1.29, 1.82) is 0 Å². The van der Waals surface area contributed by atoms with Gasteiger partial charge in [-0.25, -0.2) is 0 Å². The molecule has 4 aliphatic carbocycles. The van der Waals surface area contributed by atoms with Crippen LogP contribution in [0.2, 0.25) is 0 Å². The standard InChI is InChI=1S/C20H30O/c1-3-14-5-9-19-18-7-4-13-12-15(21)6-8-16(13)17(18)10-11-20(14,19)2/h5,12,15-19,21H,3-4,6-11H2,1-2H3. The third kappa shape index (κ3) is 2.00. The van der Waals surface area contributed by atoms with Crippen molar-refractivity contribution in [2.24, 2.45) is 29.1 Å². The van der Waals surface area contributed by atoms with E-state index in [9.17, 15) is 5.11 Å². The summed E-state index contributed by atoms with van der Waals surface area (Å²) in [6, 6.07) is 0. The highest BCUT2D eigenvalue weighted by Crippen LogP contribution is 2.62. The lowest BCUT2D eigenvalue weighted by Gasteiger charge is -2.54. The van der Waals surface area contributed by atoms with Gasteiger partial charge in [0.1, 0.15) is 0 Å². The van der Waals surface area contributed by atoms with Gasteiger partial charge in [-0.15, -0.1) is 0 Å². The molecule has 0 aromatic rings. The van der Waals surface area contributed by atoms with E-state index < -0.39 is 0 Å². The molecular weight excluding hydrogens is 256 g/mol. The first-order valence-electron chi connectivity index (χ1n) is 9.21. The molecule has 1 heteroatoms. The van der Waals surface area contributed by atoms with Crippen LogP contribution in [0.5, 0.6) is 0 Å². The minimum atomic E-state index is -0.151. The van der Waals surface area contributed by atoms with Crippen LogP contribution < -0.4 is 0 Å². The first kappa shape index (κ1) is 14.1. The van der Waals surface area contributed by atoms with E-state index in [2.05, 4.69) is 26.0 Å². The zero-order valence-corrected chi connectivity index (χ0v) is 13.6. The maximum atomic E-state index is 9.92. The van der Waals surface area contributed by atoms with Gasteiger partial charge < -0.3 is 5.11 Å². The Hall–Kier alpha value is -0.560. The van der Waals surface area contributed by atoms with Crippen LogP contribution in [0.4, 0.5) is 0 Å². The van der Waals surface area contributed by atoms with Gasteiger partial charge in [0.2, 0.25) is 0 Å². The van der Waals surface area contributed by atoms with Crippen molar-refractivity contribution >= 4 is 0 Å². The Labute approximate surface area is 129 Å². The van der Waals surface area contributed by atoms with Gasteiger partial charge in [-0.2, -0.15) is 0 Å². The molecule has 116 valence electrons. The quantitative estimate of drug-likeness (QED) is 0.682. The smallest absolute Gasteiger partial charge is 0.0723 e. The SMILES string of the molecule is CCC1=CCC2C3CCC4=CC(O)CCC4C3CCC12C. The average Bonchev–Trinajstić information content (AvgIpc) is 2.83. The second-order valence-electron chi connectivity index (χ2n) is 8.24. The number of hydrogen-bond donors (Lipinski definition) is 1. The normalized spacial score (nSPS) is 48.8. The molecule has 0 amide bonds. The molecule has 0 aromatic heterocycles. The number of aliphatic hydroxyl groups is 1. The molecular formula is C20H30O. The summed E-state index contributed by atoms with van der Waals surface area (Å²) in [5, 5.41) is 9.92. The van der Waals surface area contributed by atoms with Crippen LogP contribution in [0, 0.1) is 29.1 Å². The van der Waals surface area contributed by atoms with E-state index in [1.54, 1.807) is 11.1 Å². The Morgan fingerprint density at radius 1 is 1.19 bits per heavy atom. The molecule has 0 aromatic carbocycles. The van der Waals surface area contributed by atoms with E-state index >= 15 is 0 Å². The summed E-state index contributed by atoms with van der Waals surface area (Å²) in [6.07, 6.45) is 15.0. The molecule has 4 aliphatic rings.